The lowest BCUT2D eigenvalue weighted by molar-refractivity contribution is -0.861. The highest BCUT2D eigenvalue weighted by atomic mass is 127. The van der Waals surface area contributed by atoms with Crippen molar-refractivity contribution in [2.75, 3.05) is 33.8 Å². The van der Waals surface area contributed by atoms with Crippen LogP contribution in [0.3, 0.4) is 0 Å². The minimum absolute atomic E-state index is 0.0520. The van der Waals surface area contributed by atoms with Crippen molar-refractivity contribution < 1.29 is 14.2 Å². The Hall–Kier alpha value is -0.0300. The third-order valence-electron chi connectivity index (χ3n) is 6.40. The molecule has 0 saturated heterocycles. The maximum absolute atomic E-state index is 12.0. The first-order valence-corrected chi connectivity index (χ1v) is 16.4. The van der Waals surface area contributed by atoms with E-state index in [0.717, 1.165) is 12.8 Å². The van der Waals surface area contributed by atoms with Crippen molar-refractivity contribution in [3.05, 3.63) is 33.4 Å². The van der Waals surface area contributed by atoms with Gasteiger partial charge in [0.15, 0.2) is 0 Å². The predicted molar refractivity (Wildman–Crippen MR) is 159 cm³/mol. The molecule has 0 saturated carbocycles. The predicted octanol–water partition coefficient (Wildman–Crippen LogP) is 8.70. The molecule has 196 valence electrons. The van der Waals surface area contributed by atoms with E-state index in [-0.39, 0.29) is 5.52 Å². The molecule has 3 nitrogen and oxygen atoms in total. The van der Waals surface area contributed by atoms with Crippen molar-refractivity contribution in [3.8, 4) is 0 Å². The van der Waals surface area contributed by atoms with Crippen LogP contribution in [0.25, 0.3) is 0 Å². The smallest absolute Gasteiger partial charge is 0.234 e. The number of carbonyl (C=O) groups excluding carboxylic acids is 1. The number of hydrogen-bond donors (Lipinski definition) is 1. The summed E-state index contributed by atoms with van der Waals surface area (Å²) >= 11 is 2.37. The zero-order chi connectivity index (χ0) is 25.1. The summed E-state index contributed by atoms with van der Waals surface area (Å²) in [6, 6.07) is 8.97. The molecule has 34 heavy (non-hydrogen) atoms. The van der Waals surface area contributed by atoms with Gasteiger partial charge < -0.3 is 9.38 Å². The average Bonchev–Trinajstić information content (AvgIpc) is 2.78. The molecule has 0 fully saturated rings. The van der Waals surface area contributed by atoms with Gasteiger partial charge in [0.1, 0.15) is 14.7 Å². The Morgan fingerprint density at radius 3 is 1.50 bits per heavy atom. The normalized spacial score (nSPS) is 12.7. The van der Waals surface area contributed by atoms with Gasteiger partial charge in [-0.15, -0.1) is 0 Å². The number of rotatable bonds is 22. The Bertz CT molecular complexity index is 630. The molecule has 1 N–H and O–H groups in total. The summed E-state index contributed by atoms with van der Waals surface area (Å²) in [4.78, 5) is 22.0. The van der Waals surface area contributed by atoms with E-state index in [1.54, 1.807) is 0 Å². The number of nitrogens with zero attached hydrogens (tertiary/aromatic N) is 1. The van der Waals surface area contributed by atoms with Gasteiger partial charge in [0, 0.05) is 3.57 Å². The van der Waals surface area contributed by atoms with Gasteiger partial charge >= 0.3 is 0 Å². The number of likely N-dealkylation sites (N-methyl/N-ethyl adjacent to an activating group) is 1. The summed E-state index contributed by atoms with van der Waals surface area (Å²) in [6.45, 7) is 0.441. The highest BCUT2D eigenvalue weighted by molar-refractivity contribution is 14.1. The van der Waals surface area contributed by atoms with Gasteiger partial charge in [0.05, 0.1) is 21.1 Å². The van der Waals surface area contributed by atoms with Crippen molar-refractivity contribution in [3.63, 3.8) is 0 Å². The lowest BCUT2D eigenvalue weighted by atomic mass is 10.0. The Kier molecular flexibility index (Phi) is 18.9. The van der Waals surface area contributed by atoms with Crippen LogP contribution in [0.1, 0.15) is 108 Å². The second kappa shape index (κ2) is 20.1. The number of quaternary nitrogens is 1. The molecular formula is C29H52INO2P+. The van der Waals surface area contributed by atoms with Gasteiger partial charge in [0.2, 0.25) is 5.52 Å². The Morgan fingerprint density at radius 1 is 0.706 bits per heavy atom. The highest BCUT2D eigenvalue weighted by Gasteiger charge is 2.21. The van der Waals surface area contributed by atoms with E-state index in [9.17, 15) is 9.69 Å². The van der Waals surface area contributed by atoms with Gasteiger partial charge in [-0.05, 0) is 65.7 Å². The maximum atomic E-state index is 12.0. The van der Waals surface area contributed by atoms with Crippen LogP contribution in [0.5, 0.6) is 0 Å². The van der Waals surface area contributed by atoms with Crippen LogP contribution >= 0.6 is 30.7 Å². The first-order valence-electron chi connectivity index (χ1n) is 13.8. The molecule has 1 atom stereocenters. The largest absolute Gasteiger partial charge is 0.366 e. The second-order valence-corrected chi connectivity index (χ2v) is 14.0. The van der Waals surface area contributed by atoms with Crippen LogP contribution < -0.4 is 0 Å². The summed E-state index contributed by atoms with van der Waals surface area (Å²) in [5, 5.41) is 0. The van der Waals surface area contributed by atoms with Crippen LogP contribution in [0, 0.1) is 3.57 Å². The summed E-state index contributed by atoms with van der Waals surface area (Å²) < 4.78 is 1.93. The number of unbranched alkanes of at least 4 members (excludes halogenated alkanes) is 15. The molecule has 0 aliphatic heterocycles. The maximum Gasteiger partial charge on any atom is 0.234 e. The number of aryl methyl sites for hydroxylation is 1. The monoisotopic (exact) mass is 604 g/mol. The van der Waals surface area contributed by atoms with Gasteiger partial charge in [-0.2, -0.15) is 0 Å². The molecule has 1 rings (SSSR count). The molecule has 0 heterocycles. The van der Waals surface area contributed by atoms with Crippen molar-refractivity contribution in [1.29, 1.82) is 0 Å². The molecule has 1 aromatic carbocycles. The van der Waals surface area contributed by atoms with E-state index in [2.05, 4.69) is 46.9 Å². The van der Waals surface area contributed by atoms with Crippen molar-refractivity contribution in [1.82, 2.24) is 0 Å². The zero-order valence-electron chi connectivity index (χ0n) is 22.4. The minimum Gasteiger partial charge on any atom is -0.366 e. The fourth-order valence-corrected chi connectivity index (χ4v) is 6.05. The number of benzene rings is 1. The van der Waals surface area contributed by atoms with Gasteiger partial charge in [-0.25, -0.2) is 0 Å². The lowest BCUT2D eigenvalue weighted by Crippen LogP contribution is -2.39. The molecule has 0 spiro atoms. The van der Waals surface area contributed by atoms with E-state index in [1.165, 1.54) is 105 Å². The number of hydrogen-bond acceptors (Lipinski definition) is 2. The summed E-state index contributed by atoms with van der Waals surface area (Å²) in [7, 11) is 4.58. The third-order valence-corrected chi connectivity index (χ3v) is 8.57. The van der Waals surface area contributed by atoms with Crippen LogP contribution in [0.2, 0.25) is 0 Å². The van der Waals surface area contributed by atoms with E-state index in [0.29, 0.717) is 17.2 Å². The van der Waals surface area contributed by atoms with Crippen LogP contribution in [-0.4, -0.2) is 48.8 Å². The van der Waals surface area contributed by atoms with Crippen LogP contribution in [-0.2, 0) is 11.2 Å². The van der Waals surface area contributed by atoms with E-state index in [4.69, 9.17) is 0 Å². The minimum atomic E-state index is -1.41. The van der Waals surface area contributed by atoms with Crippen molar-refractivity contribution in [2.45, 2.75) is 109 Å². The second-order valence-electron chi connectivity index (χ2n) is 11.0. The van der Waals surface area contributed by atoms with E-state index >= 15 is 0 Å². The Balaban J connectivity index is 1.77. The molecular weight excluding hydrogens is 552 g/mol. The van der Waals surface area contributed by atoms with Gasteiger partial charge in [-0.1, -0.05) is 102 Å². The van der Waals surface area contributed by atoms with Crippen LogP contribution in [0.4, 0.5) is 0 Å². The fraction of sp³-hybridized carbons (Fsp3) is 0.759. The third kappa shape index (κ3) is 19.2. The zero-order valence-corrected chi connectivity index (χ0v) is 25.4. The summed E-state index contributed by atoms with van der Waals surface area (Å²) in [5.41, 5.74) is 1.54. The lowest BCUT2D eigenvalue weighted by Gasteiger charge is -2.23. The fourth-order valence-electron chi connectivity index (χ4n) is 4.33. The molecule has 1 unspecified atom stereocenters. The summed E-state index contributed by atoms with van der Waals surface area (Å²) in [6.07, 6.45) is 23.3. The molecule has 5 heteroatoms. The molecule has 0 aliphatic rings. The molecule has 0 aliphatic carbocycles. The van der Waals surface area contributed by atoms with Gasteiger partial charge in [-0.3, -0.25) is 4.79 Å². The quantitative estimate of drug-likeness (QED) is 0.0622. The SMILES string of the molecule is C[N+](C)(C)CC(=O)P(O)CCCCCCCCCCCCCCCCCCc1ccc(I)cc1. The standard InChI is InChI=1S/C29H52INO2P/c1-31(2,3)26-29(32)34(33)25-19-17-15-13-11-9-7-5-4-6-8-10-12-14-16-18-20-27-21-23-28(30)24-22-27/h21-24,33H,4-20,25-26H2,1-3H3/q+1. The molecule has 1 aromatic rings. The van der Waals surface area contributed by atoms with Crippen molar-refractivity contribution >= 4 is 36.3 Å². The number of carbonyl (C=O) groups is 1. The molecule has 0 amide bonds. The van der Waals surface area contributed by atoms with Gasteiger partial charge in [0.25, 0.3) is 0 Å². The molecule has 0 radical (unpaired) electrons. The molecule has 0 bridgehead atoms. The number of halogens is 1. The van der Waals surface area contributed by atoms with Crippen LogP contribution in [0.15, 0.2) is 24.3 Å². The first-order chi connectivity index (χ1) is 16.3. The Morgan fingerprint density at radius 2 is 1.09 bits per heavy atom. The van der Waals surface area contributed by atoms with Crippen molar-refractivity contribution in [2.24, 2.45) is 0 Å². The summed E-state index contributed by atoms with van der Waals surface area (Å²) in [5.74, 6) is 0. The van der Waals surface area contributed by atoms with E-state index in [1.807, 2.05) is 21.1 Å². The van der Waals surface area contributed by atoms with E-state index < -0.39 is 8.15 Å². The average molecular weight is 605 g/mol. The Labute approximate surface area is 226 Å². The first kappa shape index (κ1) is 32.0. The highest BCUT2D eigenvalue weighted by Crippen LogP contribution is 2.33. The molecule has 0 aromatic heterocycles. The topological polar surface area (TPSA) is 37.3 Å².